The molecule has 90 valence electrons. The van der Waals surface area contributed by atoms with Gasteiger partial charge in [0.15, 0.2) is 0 Å². The predicted octanol–water partition coefficient (Wildman–Crippen LogP) is 1.23. The van der Waals surface area contributed by atoms with E-state index >= 15 is 0 Å². The van der Waals surface area contributed by atoms with Crippen LogP contribution in [-0.4, -0.2) is 27.6 Å². The number of esters is 1. The summed E-state index contributed by atoms with van der Waals surface area (Å²) in [6.07, 6.45) is 3.32. The largest absolute Gasteiger partial charge is 0.459 e. The molecule has 5 nitrogen and oxygen atoms in total. The number of hydrogen-bond donors (Lipinski definition) is 2. The molecule has 0 aromatic carbocycles. The smallest absolute Gasteiger partial charge is 0.323 e. The maximum Gasteiger partial charge on any atom is 0.323 e. The Morgan fingerprint density at radius 2 is 2.31 bits per heavy atom. The van der Waals surface area contributed by atoms with Crippen molar-refractivity contribution in [2.45, 2.75) is 45.9 Å². The highest BCUT2D eigenvalue weighted by atomic mass is 16.6. The summed E-state index contributed by atoms with van der Waals surface area (Å²) in [5.74, 6) is -0.244. The summed E-state index contributed by atoms with van der Waals surface area (Å²) >= 11 is 0. The van der Waals surface area contributed by atoms with E-state index in [0.29, 0.717) is 6.54 Å². The number of ether oxygens (including phenoxy) is 1. The summed E-state index contributed by atoms with van der Waals surface area (Å²) in [5, 5.41) is 3.06. The third-order valence-corrected chi connectivity index (χ3v) is 1.91. The highest BCUT2D eigenvalue weighted by molar-refractivity contribution is 5.75. The van der Waals surface area contributed by atoms with Crippen molar-refractivity contribution in [3.63, 3.8) is 0 Å². The van der Waals surface area contributed by atoms with Crippen molar-refractivity contribution in [3.8, 4) is 0 Å². The monoisotopic (exact) mass is 225 g/mol. The topological polar surface area (TPSA) is 67.0 Å². The van der Waals surface area contributed by atoms with Crippen LogP contribution in [0.5, 0.6) is 0 Å². The number of nitrogens with one attached hydrogen (secondary N) is 2. The van der Waals surface area contributed by atoms with Crippen molar-refractivity contribution < 1.29 is 9.53 Å². The minimum Gasteiger partial charge on any atom is -0.459 e. The highest BCUT2D eigenvalue weighted by Gasteiger charge is 2.21. The van der Waals surface area contributed by atoms with E-state index in [0.717, 1.165) is 5.69 Å². The lowest BCUT2D eigenvalue weighted by atomic mass is 10.2. The molecule has 16 heavy (non-hydrogen) atoms. The Bertz CT molecular complexity index is 327. The molecule has 1 rings (SSSR count). The molecule has 5 heteroatoms. The van der Waals surface area contributed by atoms with Crippen molar-refractivity contribution in [1.82, 2.24) is 15.3 Å². The molecule has 0 spiro atoms. The average molecular weight is 225 g/mol. The minimum absolute atomic E-state index is 0.244. The lowest BCUT2D eigenvalue weighted by Gasteiger charge is -2.22. The molecule has 0 aliphatic carbocycles. The average Bonchev–Trinajstić information content (AvgIpc) is 2.63. The fourth-order valence-corrected chi connectivity index (χ4v) is 1.12. The van der Waals surface area contributed by atoms with E-state index in [1.807, 2.05) is 20.8 Å². The zero-order chi connectivity index (χ0) is 12.2. The van der Waals surface area contributed by atoms with Crippen molar-refractivity contribution in [2.24, 2.45) is 0 Å². The van der Waals surface area contributed by atoms with Crippen LogP contribution in [0.1, 0.15) is 33.4 Å². The van der Waals surface area contributed by atoms with Crippen molar-refractivity contribution in [1.29, 1.82) is 0 Å². The first-order chi connectivity index (χ1) is 7.38. The fourth-order valence-electron chi connectivity index (χ4n) is 1.12. The van der Waals surface area contributed by atoms with Crippen molar-refractivity contribution in [3.05, 3.63) is 18.2 Å². The van der Waals surface area contributed by atoms with Gasteiger partial charge < -0.3 is 9.72 Å². The van der Waals surface area contributed by atoms with Gasteiger partial charge in [0.2, 0.25) is 0 Å². The van der Waals surface area contributed by atoms with E-state index < -0.39 is 5.60 Å². The zero-order valence-electron chi connectivity index (χ0n) is 10.2. The number of rotatable bonds is 4. The second-order valence-corrected chi connectivity index (χ2v) is 4.71. The molecular weight excluding hydrogens is 206 g/mol. The molecule has 1 atom stereocenters. The third-order valence-electron chi connectivity index (χ3n) is 1.91. The Labute approximate surface area is 95.6 Å². The van der Waals surface area contributed by atoms with Crippen LogP contribution in [-0.2, 0) is 16.1 Å². The zero-order valence-corrected chi connectivity index (χ0v) is 10.2. The summed E-state index contributed by atoms with van der Waals surface area (Å²) in [5.41, 5.74) is 0.497. The second-order valence-electron chi connectivity index (χ2n) is 4.71. The van der Waals surface area contributed by atoms with E-state index in [2.05, 4.69) is 15.3 Å². The second kappa shape index (κ2) is 5.12. The fraction of sp³-hybridized carbons (Fsp3) is 0.636. The van der Waals surface area contributed by atoms with E-state index in [1.165, 1.54) is 0 Å². The molecule has 0 aliphatic heterocycles. The summed E-state index contributed by atoms with van der Waals surface area (Å²) in [6.45, 7) is 7.91. The Morgan fingerprint density at radius 1 is 1.62 bits per heavy atom. The van der Waals surface area contributed by atoms with E-state index in [-0.39, 0.29) is 12.0 Å². The molecular formula is C11H19N3O2. The van der Waals surface area contributed by atoms with Gasteiger partial charge in [-0.1, -0.05) is 0 Å². The molecule has 0 bridgehead atoms. The highest BCUT2D eigenvalue weighted by Crippen LogP contribution is 2.08. The molecule has 0 saturated carbocycles. The van der Waals surface area contributed by atoms with Gasteiger partial charge in [0.1, 0.15) is 11.6 Å². The summed E-state index contributed by atoms with van der Waals surface area (Å²) in [6, 6.07) is -0.331. The van der Waals surface area contributed by atoms with Gasteiger partial charge in [-0.25, -0.2) is 4.98 Å². The van der Waals surface area contributed by atoms with E-state index in [1.54, 1.807) is 19.4 Å². The van der Waals surface area contributed by atoms with Crippen LogP contribution < -0.4 is 5.32 Å². The number of imidazole rings is 1. The van der Waals surface area contributed by atoms with Crippen LogP contribution in [0.15, 0.2) is 12.5 Å². The number of carbonyl (C=O) groups is 1. The van der Waals surface area contributed by atoms with Gasteiger partial charge >= 0.3 is 5.97 Å². The Kier molecular flexibility index (Phi) is 4.06. The van der Waals surface area contributed by atoms with Crippen LogP contribution in [0.3, 0.4) is 0 Å². The van der Waals surface area contributed by atoms with Crippen LogP contribution in [0.2, 0.25) is 0 Å². The molecule has 1 heterocycles. The summed E-state index contributed by atoms with van der Waals surface area (Å²) in [7, 11) is 0. The summed E-state index contributed by atoms with van der Waals surface area (Å²) in [4.78, 5) is 18.5. The molecule has 1 aromatic heterocycles. The first-order valence-electron chi connectivity index (χ1n) is 5.32. The van der Waals surface area contributed by atoms with Gasteiger partial charge in [0.25, 0.3) is 0 Å². The van der Waals surface area contributed by atoms with E-state index in [9.17, 15) is 4.79 Å². The molecule has 0 amide bonds. The first kappa shape index (κ1) is 12.7. The number of hydrogen-bond acceptors (Lipinski definition) is 4. The van der Waals surface area contributed by atoms with Crippen molar-refractivity contribution >= 4 is 5.97 Å². The Hall–Kier alpha value is -1.36. The molecule has 1 aromatic rings. The van der Waals surface area contributed by atoms with Crippen LogP contribution in [0, 0.1) is 0 Å². The van der Waals surface area contributed by atoms with E-state index in [4.69, 9.17) is 4.74 Å². The SMILES string of the molecule is C[C@@H](NCc1cnc[nH]1)C(=O)OC(C)(C)C. The number of nitrogens with zero attached hydrogens (tertiary/aromatic N) is 1. The van der Waals surface area contributed by atoms with Crippen molar-refractivity contribution in [2.75, 3.05) is 0 Å². The molecule has 0 radical (unpaired) electrons. The predicted molar refractivity (Wildman–Crippen MR) is 60.7 cm³/mol. The Morgan fingerprint density at radius 3 is 2.81 bits per heavy atom. The normalized spacial score (nSPS) is 13.5. The number of H-pyrrole nitrogens is 1. The van der Waals surface area contributed by atoms with Gasteiger partial charge in [-0.05, 0) is 27.7 Å². The molecule has 0 unspecified atom stereocenters. The first-order valence-corrected chi connectivity index (χ1v) is 5.32. The lowest BCUT2D eigenvalue weighted by Crippen LogP contribution is -2.38. The van der Waals surface area contributed by atoms with Gasteiger partial charge in [0, 0.05) is 18.4 Å². The lowest BCUT2D eigenvalue weighted by molar-refractivity contribution is -0.157. The van der Waals surface area contributed by atoms with Crippen LogP contribution >= 0.6 is 0 Å². The maximum absolute atomic E-state index is 11.6. The molecule has 0 aliphatic rings. The molecule has 2 N–H and O–H groups in total. The molecule has 0 fully saturated rings. The maximum atomic E-state index is 11.6. The number of carbonyl (C=O) groups excluding carboxylic acids is 1. The number of aromatic amines is 1. The van der Waals surface area contributed by atoms with Gasteiger partial charge in [-0.2, -0.15) is 0 Å². The quantitative estimate of drug-likeness (QED) is 0.756. The minimum atomic E-state index is -0.443. The summed E-state index contributed by atoms with van der Waals surface area (Å²) < 4.78 is 5.24. The van der Waals surface area contributed by atoms with Gasteiger partial charge in [-0.3, -0.25) is 10.1 Å². The Balaban J connectivity index is 2.35. The van der Waals surface area contributed by atoms with Gasteiger partial charge in [0.05, 0.1) is 6.33 Å². The van der Waals surface area contributed by atoms with Crippen LogP contribution in [0.25, 0.3) is 0 Å². The van der Waals surface area contributed by atoms with Gasteiger partial charge in [-0.15, -0.1) is 0 Å². The van der Waals surface area contributed by atoms with Crippen LogP contribution in [0.4, 0.5) is 0 Å². The standard InChI is InChI=1S/C11H19N3O2/c1-8(10(15)16-11(2,3)4)13-6-9-5-12-7-14-9/h5,7-8,13H,6H2,1-4H3,(H,12,14)/t8-/m1/s1. The third kappa shape index (κ3) is 4.44. The number of aromatic nitrogens is 2. The molecule has 0 saturated heterocycles.